The number of halogens is 1. The van der Waals surface area contributed by atoms with Crippen LogP contribution < -0.4 is 5.32 Å². The first-order valence-electron chi connectivity index (χ1n) is 7.46. The second-order valence-corrected chi connectivity index (χ2v) is 5.59. The quantitative estimate of drug-likeness (QED) is 0.836. The zero-order chi connectivity index (χ0) is 17.1. The molecule has 2 aromatic rings. The van der Waals surface area contributed by atoms with Gasteiger partial charge in [0.05, 0.1) is 24.5 Å². The number of aromatic nitrogens is 3. The van der Waals surface area contributed by atoms with Crippen LogP contribution >= 0.6 is 11.6 Å². The van der Waals surface area contributed by atoms with Crippen molar-refractivity contribution in [3.8, 4) is 0 Å². The van der Waals surface area contributed by atoms with Gasteiger partial charge in [-0.3, -0.25) is 0 Å². The lowest BCUT2D eigenvalue weighted by atomic mass is 9.95. The summed E-state index contributed by atoms with van der Waals surface area (Å²) in [6.45, 7) is 2.27. The minimum Gasteiger partial charge on any atom is -0.463 e. The molecule has 2 heterocycles. The summed E-state index contributed by atoms with van der Waals surface area (Å²) in [6.07, 6.45) is 1.43. The highest BCUT2D eigenvalue weighted by Crippen LogP contribution is 2.35. The summed E-state index contributed by atoms with van der Waals surface area (Å²) in [6, 6.07) is 6.79. The van der Waals surface area contributed by atoms with Crippen LogP contribution in [0.3, 0.4) is 0 Å². The molecular formula is C16H17ClN4O3. The van der Waals surface area contributed by atoms with Gasteiger partial charge in [-0.05, 0) is 24.6 Å². The summed E-state index contributed by atoms with van der Waals surface area (Å²) in [5, 5.41) is 7.96. The van der Waals surface area contributed by atoms with E-state index in [0.29, 0.717) is 22.2 Å². The standard InChI is InChI=1S/C16H17ClN4O3/c1-3-24-15(22)13-12(8-23-2)20-16-18-9-19-21(16)14(13)10-4-6-11(17)7-5-10/h4-7,9,14H,3,8H2,1-2H3,(H,18,19,20). The third kappa shape index (κ3) is 3.00. The minimum absolute atomic E-state index is 0.227. The highest BCUT2D eigenvalue weighted by atomic mass is 35.5. The van der Waals surface area contributed by atoms with Crippen molar-refractivity contribution in [1.29, 1.82) is 0 Å². The number of hydrogen-bond acceptors (Lipinski definition) is 6. The Morgan fingerprint density at radius 3 is 2.79 bits per heavy atom. The van der Waals surface area contributed by atoms with Crippen LogP contribution in [0.1, 0.15) is 18.5 Å². The monoisotopic (exact) mass is 348 g/mol. The van der Waals surface area contributed by atoms with E-state index in [9.17, 15) is 4.79 Å². The summed E-state index contributed by atoms with van der Waals surface area (Å²) in [5.74, 6) is 0.119. The van der Waals surface area contributed by atoms with Crippen molar-refractivity contribution in [3.05, 3.63) is 52.4 Å². The number of carbonyl (C=O) groups is 1. The maximum atomic E-state index is 12.6. The molecule has 8 heteroatoms. The lowest BCUT2D eigenvalue weighted by Gasteiger charge is -2.29. The molecule has 1 aromatic heterocycles. The van der Waals surface area contributed by atoms with Gasteiger partial charge in [0.15, 0.2) is 0 Å². The van der Waals surface area contributed by atoms with E-state index in [4.69, 9.17) is 21.1 Å². The fraction of sp³-hybridized carbons (Fsp3) is 0.312. The number of nitrogens with one attached hydrogen (secondary N) is 1. The molecule has 1 aliphatic heterocycles. The maximum Gasteiger partial charge on any atom is 0.338 e. The highest BCUT2D eigenvalue weighted by molar-refractivity contribution is 6.30. The van der Waals surface area contributed by atoms with Crippen LogP contribution in [0.15, 0.2) is 41.9 Å². The van der Waals surface area contributed by atoms with Gasteiger partial charge in [0.25, 0.3) is 0 Å². The molecule has 7 nitrogen and oxygen atoms in total. The number of hydrogen-bond donors (Lipinski definition) is 1. The zero-order valence-corrected chi connectivity index (χ0v) is 14.1. The number of carbonyl (C=O) groups excluding carboxylic acids is 1. The number of fused-ring (bicyclic) bond motifs is 1. The number of esters is 1. The molecule has 1 N–H and O–H groups in total. The van der Waals surface area contributed by atoms with Crippen molar-refractivity contribution in [2.45, 2.75) is 13.0 Å². The van der Waals surface area contributed by atoms with E-state index in [1.165, 1.54) is 6.33 Å². The van der Waals surface area contributed by atoms with E-state index in [-0.39, 0.29) is 13.2 Å². The topological polar surface area (TPSA) is 78.3 Å². The molecule has 1 unspecified atom stereocenters. The summed E-state index contributed by atoms with van der Waals surface area (Å²) >= 11 is 5.99. The van der Waals surface area contributed by atoms with Gasteiger partial charge in [0, 0.05) is 12.1 Å². The average Bonchev–Trinajstić information content (AvgIpc) is 3.03. The zero-order valence-electron chi connectivity index (χ0n) is 13.3. The number of anilines is 1. The van der Waals surface area contributed by atoms with Crippen LogP contribution in [0.5, 0.6) is 0 Å². The smallest absolute Gasteiger partial charge is 0.338 e. The summed E-state index contributed by atoms with van der Waals surface area (Å²) in [4.78, 5) is 16.8. The van der Waals surface area contributed by atoms with Gasteiger partial charge in [-0.1, -0.05) is 23.7 Å². The molecular weight excluding hydrogens is 332 g/mol. The van der Waals surface area contributed by atoms with Crippen molar-refractivity contribution in [2.24, 2.45) is 0 Å². The number of methoxy groups -OCH3 is 1. The van der Waals surface area contributed by atoms with Gasteiger partial charge in [-0.25, -0.2) is 9.48 Å². The first kappa shape index (κ1) is 16.5. The molecule has 1 aromatic carbocycles. The Kier molecular flexibility index (Phi) is 4.82. The summed E-state index contributed by atoms with van der Waals surface area (Å²) in [5.41, 5.74) is 1.90. The van der Waals surface area contributed by atoms with Gasteiger partial charge in [0.1, 0.15) is 12.4 Å². The van der Waals surface area contributed by atoms with Gasteiger partial charge >= 0.3 is 5.97 Å². The van der Waals surface area contributed by atoms with Crippen molar-refractivity contribution >= 4 is 23.5 Å². The second-order valence-electron chi connectivity index (χ2n) is 5.15. The number of rotatable bonds is 5. The highest BCUT2D eigenvalue weighted by Gasteiger charge is 2.35. The molecule has 24 heavy (non-hydrogen) atoms. The summed E-state index contributed by atoms with van der Waals surface area (Å²) < 4.78 is 12.1. The predicted octanol–water partition coefficient (Wildman–Crippen LogP) is 2.41. The van der Waals surface area contributed by atoms with Crippen molar-refractivity contribution in [2.75, 3.05) is 25.6 Å². The Morgan fingerprint density at radius 2 is 2.12 bits per heavy atom. The SMILES string of the molecule is CCOC(=O)C1=C(COC)Nc2ncnn2C1c1ccc(Cl)cc1. The Morgan fingerprint density at radius 1 is 1.38 bits per heavy atom. The van der Waals surface area contributed by atoms with Gasteiger partial charge in [-0.2, -0.15) is 10.1 Å². The molecule has 0 spiro atoms. The lowest BCUT2D eigenvalue weighted by molar-refractivity contribution is -0.139. The Labute approximate surface area is 144 Å². The van der Waals surface area contributed by atoms with Crippen LogP contribution in [-0.4, -0.2) is 41.1 Å². The maximum absolute atomic E-state index is 12.6. The molecule has 0 saturated heterocycles. The number of ether oxygens (including phenoxy) is 2. The second kappa shape index (κ2) is 7.02. The Balaban J connectivity index is 2.15. The molecule has 0 radical (unpaired) electrons. The number of nitrogens with zero attached hydrogens (tertiary/aromatic N) is 3. The minimum atomic E-state index is -0.467. The molecule has 0 fully saturated rings. The van der Waals surface area contributed by atoms with E-state index in [2.05, 4.69) is 15.4 Å². The average molecular weight is 349 g/mol. The van der Waals surface area contributed by atoms with E-state index in [1.807, 2.05) is 12.1 Å². The van der Waals surface area contributed by atoms with Crippen LogP contribution in [0.25, 0.3) is 0 Å². The molecule has 0 amide bonds. The van der Waals surface area contributed by atoms with E-state index in [1.54, 1.807) is 30.8 Å². The largest absolute Gasteiger partial charge is 0.463 e. The van der Waals surface area contributed by atoms with E-state index >= 15 is 0 Å². The van der Waals surface area contributed by atoms with E-state index < -0.39 is 12.0 Å². The predicted molar refractivity (Wildman–Crippen MR) is 88.8 cm³/mol. The van der Waals surface area contributed by atoms with Gasteiger partial charge in [0.2, 0.25) is 5.95 Å². The van der Waals surface area contributed by atoms with Crippen molar-refractivity contribution < 1.29 is 14.3 Å². The first-order chi connectivity index (χ1) is 11.7. The molecule has 126 valence electrons. The fourth-order valence-corrected chi connectivity index (χ4v) is 2.80. The third-order valence-electron chi connectivity index (χ3n) is 3.65. The first-order valence-corrected chi connectivity index (χ1v) is 7.84. The van der Waals surface area contributed by atoms with Crippen LogP contribution in [0.4, 0.5) is 5.95 Å². The van der Waals surface area contributed by atoms with Gasteiger partial charge < -0.3 is 14.8 Å². The lowest BCUT2D eigenvalue weighted by Crippen LogP contribution is -2.31. The molecule has 0 bridgehead atoms. The van der Waals surface area contributed by atoms with Gasteiger partial charge in [-0.15, -0.1) is 0 Å². The molecule has 1 aliphatic rings. The normalized spacial score (nSPS) is 16.5. The molecule has 0 saturated carbocycles. The van der Waals surface area contributed by atoms with Crippen LogP contribution in [0, 0.1) is 0 Å². The number of benzene rings is 1. The van der Waals surface area contributed by atoms with Crippen molar-refractivity contribution in [1.82, 2.24) is 14.8 Å². The fourth-order valence-electron chi connectivity index (χ4n) is 2.67. The van der Waals surface area contributed by atoms with Crippen molar-refractivity contribution in [3.63, 3.8) is 0 Å². The molecule has 3 rings (SSSR count). The third-order valence-corrected chi connectivity index (χ3v) is 3.90. The Bertz CT molecular complexity index is 770. The molecule has 1 atom stereocenters. The molecule has 0 aliphatic carbocycles. The Hall–Kier alpha value is -2.38. The van der Waals surface area contributed by atoms with E-state index in [0.717, 1.165) is 5.56 Å². The van der Waals surface area contributed by atoms with Crippen LogP contribution in [-0.2, 0) is 14.3 Å². The van der Waals surface area contributed by atoms with Crippen LogP contribution in [0.2, 0.25) is 5.02 Å². The summed E-state index contributed by atoms with van der Waals surface area (Å²) in [7, 11) is 1.56.